The number of anilines is 1. The van der Waals surface area contributed by atoms with Gasteiger partial charge in [-0.15, -0.1) is 0 Å². The van der Waals surface area contributed by atoms with Crippen LogP contribution in [0.3, 0.4) is 0 Å². The predicted octanol–water partition coefficient (Wildman–Crippen LogP) is 5.27. The molecule has 2 aromatic carbocycles. The summed E-state index contributed by atoms with van der Waals surface area (Å²) in [4.78, 5) is 0. The standard InChI is InChI=1S/C19H25NO/c1-5-12-21-19-10-8-18(9-11-19)20-16(4)17-7-6-14(2)15(3)13-17/h6-11,13,16,20H,5,12H2,1-4H3. The van der Waals surface area contributed by atoms with Crippen LogP contribution in [0.25, 0.3) is 0 Å². The normalized spacial score (nSPS) is 12.0. The number of hydrogen-bond donors (Lipinski definition) is 1. The second kappa shape index (κ2) is 7.16. The van der Waals surface area contributed by atoms with E-state index in [1.54, 1.807) is 0 Å². The van der Waals surface area contributed by atoms with Gasteiger partial charge in [-0.05, 0) is 68.1 Å². The molecule has 0 heterocycles. The molecule has 0 aliphatic rings. The number of aryl methyl sites for hydroxylation is 2. The van der Waals surface area contributed by atoms with Crippen LogP contribution in [0, 0.1) is 13.8 Å². The second-order valence-electron chi connectivity index (χ2n) is 5.58. The molecule has 0 aromatic heterocycles. The smallest absolute Gasteiger partial charge is 0.119 e. The van der Waals surface area contributed by atoms with Gasteiger partial charge in [-0.2, -0.15) is 0 Å². The minimum Gasteiger partial charge on any atom is -0.494 e. The highest BCUT2D eigenvalue weighted by Gasteiger charge is 2.06. The Morgan fingerprint density at radius 1 is 1.00 bits per heavy atom. The molecule has 21 heavy (non-hydrogen) atoms. The van der Waals surface area contributed by atoms with Crippen LogP contribution in [0.5, 0.6) is 5.75 Å². The SMILES string of the molecule is CCCOc1ccc(NC(C)c2ccc(C)c(C)c2)cc1. The molecule has 112 valence electrons. The van der Waals surface area contributed by atoms with E-state index in [2.05, 4.69) is 63.3 Å². The zero-order valence-corrected chi connectivity index (χ0v) is 13.4. The van der Waals surface area contributed by atoms with E-state index in [0.29, 0.717) is 0 Å². The summed E-state index contributed by atoms with van der Waals surface area (Å²) in [6.07, 6.45) is 1.03. The van der Waals surface area contributed by atoms with E-state index in [1.807, 2.05) is 12.1 Å². The quantitative estimate of drug-likeness (QED) is 0.780. The Labute approximate surface area is 128 Å². The van der Waals surface area contributed by atoms with Gasteiger partial charge in [0, 0.05) is 11.7 Å². The first-order chi connectivity index (χ1) is 10.1. The third-order valence-corrected chi connectivity index (χ3v) is 3.74. The van der Waals surface area contributed by atoms with Crippen LogP contribution in [0.2, 0.25) is 0 Å². The molecule has 0 bridgehead atoms. The number of benzene rings is 2. The Kier molecular flexibility index (Phi) is 5.26. The predicted molar refractivity (Wildman–Crippen MR) is 90.2 cm³/mol. The van der Waals surface area contributed by atoms with E-state index in [-0.39, 0.29) is 6.04 Å². The average Bonchev–Trinajstić information content (AvgIpc) is 2.49. The Hall–Kier alpha value is -1.96. The molecule has 0 fully saturated rings. The third kappa shape index (κ3) is 4.25. The molecule has 0 amide bonds. The first-order valence-electron chi connectivity index (χ1n) is 7.66. The van der Waals surface area contributed by atoms with E-state index in [4.69, 9.17) is 4.74 Å². The highest BCUT2D eigenvalue weighted by molar-refractivity contribution is 5.48. The van der Waals surface area contributed by atoms with Crippen LogP contribution in [0.4, 0.5) is 5.69 Å². The molecule has 2 heteroatoms. The van der Waals surface area contributed by atoms with Crippen LogP contribution in [-0.2, 0) is 0 Å². The molecule has 0 aliphatic carbocycles. The largest absolute Gasteiger partial charge is 0.494 e. The summed E-state index contributed by atoms with van der Waals surface area (Å²) < 4.78 is 5.60. The van der Waals surface area contributed by atoms with Crippen molar-refractivity contribution >= 4 is 5.69 Å². The Bertz CT molecular complexity index is 575. The van der Waals surface area contributed by atoms with E-state index < -0.39 is 0 Å². The number of hydrogen-bond acceptors (Lipinski definition) is 2. The zero-order chi connectivity index (χ0) is 15.2. The first kappa shape index (κ1) is 15.4. The maximum Gasteiger partial charge on any atom is 0.119 e. The summed E-state index contributed by atoms with van der Waals surface area (Å²) in [5.74, 6) is 0.932. The summed E-state index contributed by atoms with van der Waals surface area (Å²) >= 11 is 0. The number of rotatable bonds is 6. The van der Waals surface area contributed by atoms with Gasteiger partial charge in [0.25, 0.3) is 0 Å². The van der Waals surface area contributed by atoms with Gasteiger partial charge >= 0.3 is 0 Å². The van der Waals surface area contributed by atoms with Crippen LogP contribution < -0.4 is 10.1 Å². The van der Waals surface area contributed by atoms with E-state index in [0.717, 1.165) is 24.5 Å². The molecule has 0 aliphatic heterocycles. The van der Waals surface area contributed by atoms with Gasteiger partial charge < -0.3 is 10.1 Å². The Morgan fingerprint density at radius 3 is 2.33 bits per heavy atom. The van der Waals surface area contributed by atoms with Gasteiger partial charge in [0.05, 0.1) is 6.61 Å². The molecule has 0 saturated carbocycles. The molecular weight excluding hydrogens is 258 g/mol. The van der Waals surface area contributed by atoms with Crippen molar-refractivity contribution in [2.45, 2.75) is 40.2 Å². The number of ether oxygens (including phenoxy) is 1. The fourth-order valence-corrected chi connectivity index (χ4v) is 2.23. The summed E-state index contributed by atoms with van der Waals surface area (Å²) in [6, 6.07) is 15.1. The maximum atomic E-state index is 5.60. The topological polar surface area (TPSA) is 21.3 Å². The summed E-state index contributed by atoms with van der Waals surface area (Å²) in [6.45, 7) is 9.37. The van der Waals surface area contributed by atoms with Crippen molar-refractivity contribution in [3.8, 4) is 5.75 Å². The van der Waals surface area contributed by atoms with Crippen molar-refractivity contribution < 1.29 is 4.74 Å². The van der Waals surface area contributed by atoms with Crippen LogP contribution in [0.15, 0.2) is 42.5 Å². The fourth-order valence-electron chi connectivity index (χ4n) is 2.23. The molecule has 0 spiro atoms. The van der Waals surface area contributed by atoms with Gasteiger partial charge in [-0.25, -0.2) is 0 Å². The summed E-state index contributed by atoms with van der Waals surface area (Å²) in [7, 11) is 0. The van der Waals surface area contributed by atoms with E-state index >= 15 is 0 Å². The van der Waals surface area contributed by atoms with E-state index in [9.17, 15) is 0 Å². The monoisotopic (exact) mass is 283 g/mol. The first-order valence-corrected chi connectivity index (χ1v) is 7.66. The van der Waals surface area contributed by atoms with Crippen molar-refractivity contribution in [3.05, 3.63) is 59.2 Å². The lowest BCUT2D eigenvalue weighted by Crippen LogP contribution is -2.07. The van der Waals surface area contributed by atoms with Gasteiger partial charge in [-0.1, -0.05) is 25.1 Å². The van der Waals surface area contributed by atoms with Crippen molar-refractivity contribution in [1.29, 1.82) is 0 Å². The highest BCUT2D eigenvalue weighted by atomic mass is 16.5. The molecule has 2 nitrogen and oxygen atoms in total. The molecule has 0 saturated heterocycles. The lowest BCUT2D eigenvalue weighted by Gasteiger charge is -2.17. The summed E-state index contributed by atoms with van der Waals surface area (Å²) in [5, 5.41) is 3.53. The van der Waals surface area contributed by atoms with Crippen molar-refractivity contribution in [3.63, 3.8) is 0 Å². The molecule has 2 aromatic rings. The third-order valence-electron chi connectivity index (χ3n) is 3.74. The average molecular weight is 283 g/mol. The minimum absolute atomic E-state index is 0.284. The van der Waals surface area contributed by atoms with Crippen LogP contribution >= 0.6 is 0 Å². The van der Waals surface area contributed by atoms with E-state index in [1.165, 1.54) is 16.7 Å². The lowest BCUT2D eigenvalue weighted by atomic mass is 10.0. The minimum atomic E-state index is 0.284. The van der Waals surface area contributed by atoms with Crippen molar-refractivity contribution in [1.82, 2.24) is 0 Å². The van der Waals surface area contributed by atoms with Crippen LogP contribution in [-0.4, -0.2) is 6.61 Å². The van der Waals surface area contributed by atoms with Crippen molar-refractivity contribution in [2.75, 3.05) is 11.9 Å². The molecule has 1 unspecified atom stereocenters. The second-order valence-corrected chi connectivity index (χ2v) is 5.58. The zero-order valence-electron chi connectivity index (χ0n) is 13.4. The summed E-state index contributed by atoms with van der Waals surface area (Å²) in [5.41, 5.74) is 5.10. The fraction of sp³-hybridized carbons (Fsp3) is 0.368. The lowest BCUT2D eigenvalue weighted by molar-refractivity contribution is 0.317. The van der Waals surface area contributed by atoms with Crippen molar-refractivity contribution in [2.24, 2.45) is 0 Å². The molecule has 1 N–H and O–H groups in total. The highest BCUT2D eigenvalue weighted by Crippen LogP contribution is 2.23. The number of nitrogens with one attached hydrogen (secondary N) is 1. The van der Waals surface area contributed by atoms with Gasteiger partial charge in [0.2, 0.25) is 0 Å². The molecule has 0 radical (unpaired) electrons. The van der Waals surface area contributed by atoms with Crippen LogP contribution in [0.1, 0.15) is 43.0 Å². The Morgan fingerprint density at radius 2 is 1.71 bits per heavy atom. The van der Waals surface area contributed by atoms with Gasteiger partial charge in [0.15, 0.2) is 0 Å². The molecule has 1 atom stereocenters. The van der Waals surface area contributed by atoms with Gasteiger partial charge in [-0.3, -0.25) is 0 Å². The van der Waals surface area contributed by atoms with Gasteiger partial charge in [0.1, 0.15) is 5.75 Å². The Balaban J connectivity index is 2.01. The molecule has 2 rings (SSSR count). The molecular formula is C19H25NO. The maximum absolute atomic E-state index is 5.60.